The number of nitro groups is 1. The molecular weight excluding hydrogens is 458 g/mol. The number of hydrogen-bond acceptors (Lipinski definition) is 6. The summed E-state index contributed by atoms with van der Waals surface area (Å²) in [4.78, 5) is 40.7. The number of esters is 1. The smallest absolute Gasteiger partial charge is 0.338 e. The SMILES string of the molecule is CCN(C(=O)COC(=O)c1ccc(N2C[C@@H](C)C[C@H](C)C2)c([N+](=O)[O-])c1)c1cccc2ccccc12. The van der Waals surface area contributed by atoms with E-state index in [1.54, 1.807) is 11.0 Å². The molecule has 8 heteroatoms. The van der Waals surface area contributed by atoms with Crippen LogP contribution in [0.2, 0.25) is 0 Å². The number of nitrogens with zero attached hydrogens (tertiary/aromatic N) is 3. The molecule has 0 unspecified atom stereocenters. The van der Waals surface area contributed by atoms with Crippen molar-refractivity contribution < 1.29 is 19.2 Å². The lowest BCUT2D eigenvalue weighted by Gasteiger charge is -2.36. The van der Waals surface area contributed by atoms with Crippen LogP contribution in [0.25, 0.3) is 10.8 Å². The van der Waals surface area contributed by atoms with Crippen LogP contribution in [0.3, 0.4) is 0 Å². The number of carbonyl (C=O) groups is 2. The summed E-state index contributed by atoms with van der Waals surface area (Å²) in [7, 11) is 0. The molecule has 1 aliphatic heterocycles. The van der Waals surface area contributed by atoms with Crippen molar-refractivity contribution in [3.63, 3.8) is 0 Å². The van der Waals surface area contributed by atoms with E-state index in [0.717, 1.165) is 36.0 Å². The zero-order valence-corrected chi connectivity index (χ0v) is 20.8. The van der Waals surface area contributed by atoms with Crippen molar-refractivity contribution in [2.24, 2.45) is 11.8 Å². The van der Waals surface area contributed by atoms with E-state index in [9.17, 15) is 19.7 Å². The summed E-state index contributed by atoms with van der Waals surface area (Å²) in [6.07, 6.45) is 1.08. The van der Waals surface area contributed by atoms with Gasteiger partial charge >= 0.3 is 5.97 Å². The maximum Gasteiger partial charge on any atom is 0.338 e. The van der Waals surface area contributed by atoms with E-state index < -0.39 is 17.5 Å². The van der Waals surface area contributed by atoms with Gasteiger partial charge in [-0.1, -0.05) is 50.2 Å². The van der Waals surface area contributed by atoms with E-state index in [2.05, 4.69) is 13.8 Å². The van der Waals surface area contributed by atoms with Crippen molar-refractivity contribution in [1.29, 1.82) is 0 Å². The number of anilines is 2. The van der Waals surface area contributed by atoms with Gasteiger partial charge in [0, 0.05) is 31.1 Å². The molecule has 1 heterocycles. The molecule has 8 nitrogen and oxygen atoms in total. The molecule has 0 spiro atoms. The summed E-state index contributed by atoms with van der Waals surface area (Å²) in [6.45, 7) is 7.51. The number of likely N-dealkylation sites (N-methyl/N-ethyl adjacent to an activating group) is 1. The number of benzene rings is 3. The average molecular weight is 490 g/mol. The van der Waals surface area contributed by atoms with E-state index in [4.69, 9.17) is 4.74 Å². The minimum absolute atomic E-state index is 0.0459. The molecule has 0 N–H and O–H groups in total. The molecule has 4 rings (SSSR count). The number of hydrogen-bond donors (Lipinski definition) is 0. The molecule has 0 aromatic heterocycles. The van der Waals surface area contributed by atoms with Crippen LogP contribution < -0.4 is 9.80 Å². The van der Waals surface area contributed by atoms with Gasteiger partial charge in [0.2, 0.25) is 0 Å². The van der Waals surface area contributed by atoms with Gasteiger partial charge in [-0.2, -0.15) is 0 Å². The number of ether oxygens (including phenoxy) is 1. The van der Waals surface area contributed by atoms with Crippen molar-refractivity contribution in [1.82, 2.24) is 0 Å². The van der Waals surface area contributed by atoms with Gasteiger partial charge in [0.1, 0.15) is 5.69 Å². The number of amides is 1. The monoisotopic (exact) mass is 489 g/mol. The molecule has 0 saturated carbocycles. The summed E-state index contributed by atoms with van der Waals surface area (Å²) < 4.78 is 5.29. The Kier molecular flexibility index (Phi) is 7.52. The number of fused-ring (bicyclic) bond motifs is 1. The van der Waals surface area contributed by atoms with Crippen LogP contribution in [0.1, 0.15) is 37.6 Å². The van der Waals surface area contributed by atoms with Gasteiger partial charge in [-0.15, -0.1) is 0 Å². The van der Waals surface area contributed by atoms with Crippen molar-refractivity contribution in [2.45, 2.75) is 27.2 Å². The van der Waals surface area contributed by atoms with Crippen molar-refractivity contribution >= 4 is 39.7 Å². The normalized spacial score (nSPS) is 17.6. The standard InChI is InChI=1S/C28H31N3O5/c1-4-30(24-11-7-9-21-8-5-6-10-23(21)24)27(32)18-36-28(33)22-12-13-25(26(15-22)31(34)35)29-16-19(2)14-20(3)17-29/h5-13,15,19-20H,4,14,16-18H2,1-3H3/t19-,20-/m0/s1. The Balaban J connectivity index is 1.49. The Labute approximate surface area is 210 Å². The summed E-state index contributed by atoms with van der Waals surface area (Å²) >= 11 is 0. The van der Waals surface area contributed by atoms with E-state index in [1.807, 2.05) is 54.3 Å². The van der Waals surface area contributed by atoms with Crippen molar-refractivity contribution in [3.8, 4) is 0 Å². The highest BCUT2D eigenvalue weighted by Gasteiger charge is 2.28. The predicted octanol–water partition coefficient (Wildman–Crippen LogP) is 5.44. The molecule has 1 fully saturated rings. The second-order valence-corrected chi connectivity index (χ2v) is 9.52. The van der Waals surface area contributed by atoms with Gasteiger partial charge in [-0.25, -0.2) is 4.79 Å². The molecule has 36 heavy (non-hydrogen) atoms. The Morgan fingerprint density at radius 2 is 1.75 bits per heavy atom. The summed E-state index contributed by atoms with van der Waals surface area (Å²) in [6, 6.07) is 17.8. The molecule has 1 saturated heterocycles. The van der Waals surface area contributed by atoms with Crippen molar-refractivity contribution in [3.05, 3.63) is 76.3 Å². The quantitative estimate of drug-likeness (QED) is 0.249. The van der Waals surface area contributed by atoms with Crippen LogP contribution in [0.4, 0.5) is 17.1 Å². The lowest BCUT2D eigenvalue weighted by atomic mass is 9.91. The molecule has 2 atom stereocenters. The molecule has 0 bridgehead atoms. The fourth-order valence-corrected chi connectivity index (χ4v) is 5.14. The zero-order chi connectivity index (χ0) is 25.8. The Morgan fingerprint density at radius 3 is 2.44 bits per heavy atom. The third-order valence-electron chi connectivity index (χ3n) is 6.62. The van der Waals surface area contributed by atoms with Gasteiger partial charge in [-0.05, 0) is 48.8 Å². The summed E-state index contributed by atoms with van der Waals surface area (Å²) in [5.74, 6) is -0.295. The van der Waals surface area contributed by atoms with Crippen molar-refractivity contribution in [2.75, 3.05) is 36.0 Å². The fourth-order valence-electron chi connectivity index (χ4n) is 5.14. The Bertz CT molecular complexity index is 1280. The summed E-state index contributed by atoms with van der Waals surface area (Å²) in [5.41, 5.74) is 1.15. The molecule has 1 amide bonds. The van der Waals surface area contributed by atoms with Gasteiger partial charge in [0.25, 0.3) is 11.6 Å². The highest BCUT2D eigenvalue weighted by molar-refractivity contribution is 6.04. The van der Waals surface area contributed by atoms with Gasteiger partial charge in [0.15, 0.2) is 6.61 Å². The first-order valence-corrected chi connectivity index (χ1v) is 12.3. The van der Waals surface area contributed by atoms with Crippen LogP contribution >= 0.6 is 0 Å². The van der Waals surface area contributed by atoms with Crippen LogP contribution in [0.5, 0.6) is 0 Å². The van der Waals surface area contributed by atoms with E-state index >= 15 is 0 Å². The molecule has 0 aliphatic carbocycles. The zero-order valence-electron chi connectivity index (χ0n) is 20.8. The molecular formula is C28H31N3O5. The van der Waals surface area contributed by atoms with Gasteiger partial charge < -0.3 is 14.5 Å². The van der Waals surface area contributed by atoms with E-state index in [0.29, 0.717) is 24.1 Å². The topological polar surface area (TPSA) is 93.0 Å². The maximum atomic E-state index is 13.0. The highest BCUT2D eigenvalue weighted by Crippen LogP contribution is 2.34. The molecule has 3 aromatic rings. The molecule has 0 radical (unpaired) electrons. The predicted molar refractivity (Wildman–Crippen MR) is 141 cm³/mol. The van der Waals surface area contributed by atoms with Crippen LogP contribution in [0.15, 0.2) is 60.7 Å². The van der Waals surface area contributed by atoms with Crippen LogP contribution in [-0.2, 0) is 9.53 Å². The largest absolute Gasteiger partial charge is 0.452 e. The molecule has 188 valence electrons. The average Bonchev–Trinajstić information content (AvgIpc) is 2.87. The third-order valence-corrected chi connectivity index (χ3v) is 6.62. The van der Waals surface area contributed by atoms with Crippen LogP contribution in [-0.4, -0.2) is 43.0 Å². The van der Waals surface area contributed by atoms with E-state index in [-0.39, 0.29) is 17.2 Å². The van der Waals surface area contributed by atoms with Gasteiger partial charge in [-0.3, -0.25) is 14.9 Å². The number of carbonyl (C=O) groups excluding carboxylic acids is 2. The van der Waals surface area contributed by atoms with E-state index in [1.165, 1.54) is 12.1 Å². The van der Waals surface area contributed by atoms with Crippen LogP contribution in [0, 0.1) is 22.0 Å². The minimum atomic E-state index is -0.771. The first kappa shape index (κ1) is 25.2. The first-order valence-electron chi connectivity index (χ1n) is 12.3. The van der Waals surface area contributed by atoms with Gasteiger partial charge in [0.05, 0.1) is 16.2 Å². The molecule has 1 aliphatic rings. The minimum Gasteiger partial charge on any atom is -0.452 e. The highest BCUT2D eigenvalue weighted by atomic mass is 16.6. The maximum absolute atomic E-state index is 13.0. The number of piperidine rings is 1. The second kappa shape index (κ2) is 10.8. The summed E-state index contributed by atoms with van der Waals surface area (Å²) in [5, 5.41) is 13.8. The second-order valence-electron chi connectivity index (χ2n) is 9.52. The lowest BCUT2D eigenvalue weighted by Crippen LogP contribution is -2.39. The Morgan fingerprint density at radius 1 is 1.06 bits per heavy atom. The fraction of sp³-hybridized carbons (Fsp3) is 0.357. The lowest BCUT2D eigenvalue weighted by molar-refractivity contribution is -0.384. The number of nitro benzene ring substituents is 1. The number of rotatable bonds is 7. The third kappa shape index (κ3) is 5.32. The first-order chi connectivity index (χ1) is 17.3. The Hall–Kier alpha value is -3.94. The molecule has 3 aromatic carbocycles.